The first-order chi connectivity index (χ1) is 10.2. The van der Waals surface area contributed by atoms with E-state index in [2.05, 4.69) is 25.2 Å². The lowest BCUT2D eigenvalue weighted by Crippen LogP contribution is -2.19. The maximum absolute atomic E-state index is 5.84. The molecule has 1 aromatic carbocycles. The van der Waals surface area contributed by atoms with Gasteiger partial charge in [0.15, 0.2) is 11.5 Å². The Bertz CT molecular complexity index is 428. The first kappa shape index (κ1) is 16.1. The van der Waals surface area contributed by atoms with Crippen LogP contribution in [-0.2, 0) is 11.3 Å². The van der Waals surface area contributed by atoms with Crippen molar-refractivity contribution in [3.8, 4) is 11.5 Å². The Kier molecular flexibility index (Phi) is 6.33. The van der Waals surface area contributed by atoms with Crippen LogP contribution in [0.2, 0.25) is 0 Å². The molecule has 4 nitrogen and oxygen atoms in total. The van der Waals surface area contributed by atoms with E-state index in [1.807, 2.05) is 12.1 Å². The van der Waals surface area contributed by atoms with Crippen molar-refractivity contribution in [1.82, 2.24) is 5.32 Å². The highest BCUT2D eigenvalue weighted by molar-refractivity contribution is 5.43. The zero-order valence-electron chi connectivity index (χ0n) is 13.4. The zero-order chi connectivity index (χ0) is 15.1. The molecule has 118 valence electrons. The van der Waals surface area contributed by atoms with Crippen molar-refractivity contribution in [3.05, 3.63) is 23.8 Å². The van der Waals surface area contributed by atoms with Gasteiger partial charge >= 0.3 is 0 Å². The van der Waals surface area contributed by atoms with Crippen LogP contribution in [0.5, 0.6) is 11.5 Å². The van der Waals surface area contributed by atoms with Crippen molar-refractivity contribution >= 4 is 0 Å². The van der Waals surface area contributed by atoms with E-state index < -0.39 is 0 Å². The molecule has 0 spiro atoms. The Labute approximate surface area is 127 Å². The third kappa shape index (κ3) is 5.21. The Morgan fingerprint density at radius 1 is 1.33 bits per heavy atom. The van der Waals surface area contributed by atoms with Gasteiger partial charge in [0, 0.05) is 13.2 Å². The van der Waals surface area contributed by atoms with Gasteiger partial charge in [0.1, 0.15) is 6.61 Å². The number of nitrogens with one attached hydrogen (secondary N) is 1. The van der Waals surface area contributed by atoms with Crippen molar-refractivity contribution < 1.29 is 14.2 Å². The molecule has 0 aliphatic carbocycles. The molecule has 0 amide bonds. The molecule has 1 heterocycles. The Hall–Kier alpha value is -1.26. The monoisotopic (exact) mass is 293 g/mol. The van der Waals surface area contributed by atoms with Crippen LogP contribution >= 0.6 is 0 Å². The molecule has 1 saturated heterocycles. The molecule has 1 aromatic rings. The molecular formula is C17H27NO3. The average Bonchev–Trinajstić information content (AvgIpc) is 2.98. The minimum Gasteiger partial charge on any atom is -0.493 e. The summed E-state index contributed by atoms with van der Waals surface area (Å²) in [6.45, 7) is 7.72. The van der Waals surface area contributed by atoms with Crippen LogP contribution in [0.3, 0.4) is 0 Å². The highest BCUT2D eigenvalue weighted by Crippen LogP contribution is 2.28. The Morgan fingerprint density at radius 3 is 2.86 bits per heavy atom. The second-order valence-electron chi connectivity index (χ2n) is 5.96. The fraction of sp³-hybridized carbons (Fsp3) is 0.647. The van der Waals surface area contributed by atoms with Crippen LogP contribution in [0.4, 0.5) is 0 Å². The quantitative estimate of drug-likeness (QED) is 0.800. The lowest BCUT2D eigenvalue weighted by molar-refractivity contribution is 0.0669. The average molecular weight is 293 g/mol. The van der Waals surface area contributed by atoms with Crippen LogP contribution in [0.15, 0.2) is 18.2 Å². The van der Waals surface area contributed by atoms with Gasteiger partial charge in [-0.05, 0) is 43.0 Å². The van der Waals surface area contributed by atoms with Gasteiger partial charge in [-0.1, -0.05) is 19.9 Å². The molecule has 1 atom stereocenters. The lowest BCUT2D eigenvalue weighted by atomic mass is 10.1. The summed E-state index contributed by atoms with van der Waals surface area (Å²) < 4.78 is 16.8. The van der Waals surface area contributed by atoms with Crippen molar-refractivity contribution in [3.63, 3.8) is 0 Å². The fourth-order valence-electron chi connectivity index (χ4n) is 2.40. The van der Waals surface area contributed by atoms with Crippen LogP contribution in [0.25, 0.3) is 0 Å². The molecule has 2 rings (SSSR count). The van der Waals surface area contributed by atoms with Crippen LogP contribution in [-0.4, -0.2) is 33.0 Å². The Morgan fingerprint density at radius 2 is 2.19 bits per heavy atom. The number of hydrogen-bond donors (Lipinski definition) is 1. The first-order valence-corrected chi connectivity index (χ1v) is 7.81. The van der Waals surface area contributed by atoms with Gasteiger partial charge in [0.25, 0.3) is 0 Å². The number of methoxy groups -OCH3 is 1. The summed E-state index contributed by atoms with van der Waals surface area (Å²) in [6.07, 6.45) is 2.44. The topological polar surface area (TPSA) is 39.7 Å². The third-order valence-electron chi connectivity index (χ3n) is 3.56. The minimum absolute atomic E-state index is 0.224. The lowest BCUT2D eigenvalue weighted by Gasteiger charge is -2.15. The van der Waals surface area contributed by atoms with Crippen LogP contribution in [0, 0.1) is 5.92 Å². The molecule has 1 unspecified atom stereocenters. The molecule has 1 fully saturated rings. The molecule has 21 heavy (non-hydrogen) atoms. The van der Waals surface area contributed by atoms with Gasteiger partial charge in [-0.3, -0.25) is 0 Å². The molecule has 0 saturated carbocycles. The van der Waals surface area contributed by atoms with Gasteiger partial charge in [-0.15, -0.1) is 0 Å². The van der Waals surface area contributed by atoms with E-state index in [4.69, 9.17) is 14.2 Å². The van der Waals surface area contributed by atoms with E-state index in [0.717, 1.165) is 44.0 Å². The van der Waals surface area contributed by atoms with Crippen molar-refractivity contribution in [2.24, 2.45) is 5.92 Å². The molecule has 0 bridgehead atoms. The van der Waals surface area contributed by atoms with E-state index in [1.54, 1.807) is 7.11 Å². The number of benzene rings is 1. The second kappa shape index (κ2) is 8.25. The molecule has 0 aromatic heterocycles. The zero-order valence-corrected chi connectivity index (χ0v) is 13.4. The summed E-state index contributed by atoms with van der Waals surface area (Å²) in [7, 11) is 1.68. The standard InChI is InChI=1S/C17H27NO3/c1-13(2)10-18-11-14-6-7-16(17(9-14)19-3)21-12-15-5-4-8-20-15/h6-7,9,13,15,18H,4-5,8,10-12H2,1-3H3. The summed E-state index contributed by atoms with van der Waals surface area (Å²) in [5.41, 5.74) is 1.21. The van der Waals surface area contributed by atoms with Gasteiger partial charge in [0.05, 0.1) is 13.2 Å². The maximum Gasteiger partial charge on any atom is 0.161 e. The smallest absolute Gasteiger partial charge is 0.161 e. The van der Waals surface area contributed by atoms with E-state index in [0.29, 0.717) is 12.5 Å². The summed E-state index contributed by atoms with van der Waals surface area (Å²) in [4.78, 5) is 0. The predicted octanol–water partition coefficient (Wildman–Crippen LogP) is 3.00. The van der Waals surface area contributed by atoms with Crippen molar-refractivity contribution in [2.75, 3.05) is 26.9 Å². The molecule has 0 radical (unpaired) electrons. The van der Waals surface area contributed by atoms with Crippen LogP contribution < -0.4 is 14.8 Å². The molecule has 1 aliphatic rings. The minimum atomic E-state index is 0.224. The third-order valence-corrected chi connectivity index (χ3v) is 3.56. The predicted molar refractivity (Wildman–Crippen MR) is 84.0 cm³/mol. The van der Waals surface area contributed by atoms with Gasteiger partial charge in [-0.2, -0.15) is 0 Å². The highest BCUT2D eigenvalue weighted by Gasteiger charge is 2.17. The van der Waals surface area contributed by atoms with E-state index in [-0.39, 0.29) is 6.10 Å². The number of rotatable bonds is 8. The summed E-state index contributed by atoms with van der Waals surface area (Å²) in [5, 5.41) is 3.43. The molecule has 4 heteroatoms. The SMILES string of the molecule is COc1cc(CNCC(C)C)ccc1OCC1CCCO1. The van der Waals surface area contributed by atoms with Crippen molar-refractivity contribution in [1.29, 1.82) is 0 Å². The first-order valence-electron chi connectivity index (χ1n) is 7.81. The van der Waals surface area contributed by atoms with E-state index in [9.17, 15) is 0 Å². The highest BCUT2D eigenvalue weighted by atomic mass is 16.5. The number of ether oxygens (including phenoxy) is 3. The fourth-order valence-corrected chi connectivity index (χ4v) is 2.40. The van der Waals surface area contributed by atoms with E-state index in [1.165, 1.54) is 5.56 Å². The number of hydrogen-bond acceptors (Lipinski definition) is 4. The summed E-state index contributed by atoms with van der Waals surface area (Å²) in [6, 6.07) is 6.11. The van der Waals surface area contributed by atoms with Crippen LogP contribution in [0.1, 0.15) is 32.3 Å². The normalized spacial score (nSPS) is 18.2. The summed E-state index contributed by atoms with van der Waals surface area (Å²) in [5.74, 6) is 2.23. The van der Waals surface area contributed by atoms with Crippen molar-refractivity contribution in [2.45, 2.75) is 39.3 Å². The van der Waals surface area contributed by atoms with Gasteiger partial charge in [-0.25, -0.2) is 0 Å². The van der Waals surface area contributed by atoms with E-state index >= 15 is 0 Å². The largest absolute Gasteiger partial charge is 0.493 e. The maximum atomic E-state index is 5.84. The molecule has 1 N–H and O–H groups in total. The second-order valence-corrected chi connectivity index (χ2v) is 5.96. The molecular weight excluding hydrogens is 266 g/mol. The Balaban J connectivity index is 1.88. The van der Waals surface area contributed by atoms with Gasteiger partial charge < -0.3 is 19.5 Å². The molecule has 1 aliphatic heterocycles. The van der Waals surface area contributed by atoms with Gasteiger partial charge in [0.2, 0.25) is 0 Å². The summed E-state index contributed by atoms with van der Waals surface area (Å²) >= 11 is 0.